The second kappa shape index (κ2) is 1.97. The summed E-state index contributed by atoms with van der Waals surface area (Å²) in [7, 11) is 0. The van der Waals surface area contributed by atoms with Crippen LogP contribution in [0.4, 0.5) is 0 Å². The standard InChI is InChI=1S/C6H4S/c7-6-4-2-1-3-5-6/h2-5H/p+1. The molecule has 0 saturated heterocycles. The van der Waals surface area contributed by atoms with E-state index in [1.807, 2.05) is 24.6 Å². The highest BCUT2D eigenvalue weighted by molar-refractivity contribution is 7.84. The molecule has 0 amide bonds. The molecule has 34 valence electrons. The molecule has 0 nitrogen and oxygen atoms in total. The van der Waals surface area contributed by atoms with Gasteiger partial charge in [0.25, 0.3) is 0 Å². The van der Waals surface area contributed by atoms with Gasteiger partial charge in [-0.05, 0) is 0 Å². The number of thiol groups is 1. The highest BCUT2D eigenvalue weighted by Crippen LogP contribution is 2.07. The van der Waals surface area contributed by atoms with Crippen LogP contribution in [-0.4, -0.2) is 0 Å². The molecule has 0 heterocycles. The molecule has 0 spiro atoms. The number of hydrogen-bond donors (Lipinski definition) is 1. The normalized spacial score (nSPS) is 15.9. The quantitative estimate of drug-likeness (QED) is 0.273. The third kappa shape index (κ3) is 1.19. The molecule has 0 aliphatic heterocycles. The predicted molar refractivity (Wildman–Crippen MR) is 34.0 cm³/mol. The van der Waals surface area contributed by atoms with E-state index in [1.54, 1.807) is 0 Å². The number of rotatable bonds is 0. The molecule has 0 bridgehead atoms. The van der Waals surface area contributed by atoms with Crippen LogP contribution in [0.1, 0.15) is 0 Å². The van der Waals surface area contributed by atoms with Crippen molar-refractivity contribution < 1.29 is 0 Å². The first-order valence-electron chi connectivity index (χ1n) is 2.04. The van der Waals surface area contributed by atoms with Crippen molar-refractivity contribution in [2.24, 2.45) is 0 Å². The van der Waals surface area contributed by atoms with Gasteiger partial charge >= 0.3 is 0 Å². The van der Waals surface area contributed by atoms with Gasteiger partial charge in [-0.2, -0.15) is 0 Å². The van der Waals surface area contributed by atoms with E-state index in [0.717, 1.165) is 4.91 Å². The van der Waals surface area contributed by atoms with E-state index in [9.17, 15) is 0 Å². The van der Waals surface area contributed by atoms with E-state index in [0.29, 0.717) is 0 Å². The lowest BCUT2D eigenvalue weighted by Gasteiger charge is -1.80. The molecule has 7 heavy (non-hydrogen) atoms. The first kappa shape index (κ1) is 4.63. The molecule has 0 N–H and O–H groups in total. The first-order valence-corrected chi connectivity index (χ1v) is 2.49. The minimum absolute atomic E-state index is 0.985. The van der Waals surface area contributed by atoms with Crippen LogP contribution in [0, 0.1) is 6.42 Å². The summed E-state index contributed by atoms with van der Waals surface area (Å²) >= 11 is 4.06. The summed E-state index contributed by atoms with van der Waals surface area (Å²) < 4.78 is 0. The summed E-state index contributed by atoms with van der Waals surface area (Å²) in [5.74, 6) is 0. The van der Waals surface area contributed by atoms with E-state index < -0.39 is 0 Å². The van der Waals surface area contributed by atoms with Crippen molar-refractivity contribution >= 4 is 12.6 Å². The van der Waals surface area contributed by atoms with Crippen LogP contribution in [0.15, 0.2) is 28.9 Å². The minimum Gasteiger partial charge on any atom is -0.115 e. The molecule has 0 saturated carbocycles. The molecular formula is C6H5S+. The first-order chi connectivity index (χ1) is 3.39. The van der Waals surface area contributed by atoms with Gasteiger partial charge in [-0.15, -0.1) is 12.6 Å². The third-order valence-electron chi connectivity index (χ3n) is 0.701. The van der Waals surface area contributed by atoms with Gasteiger partial charge in [-0.25, -0.2) is 0 Å². The molecule has 1 heteroatoms. The summed E-state index contributed by atoms with van der Waals surface area (Å²) in [4.78, 5) is 0.985. The highest BCUT2D eigenvalue weighted by Gasteiger charge is 1.94. The Kier molecular flexibility index (Phi) is 1.30. The molecule has 0 unspecified atom stereocenters. The van der Waals surface area contributed by atoms with Gasteiger partial charge in [0.2, 0.25) is 0 Å². The van der Waals surface area contributed by atoms with Crippen LogP contribution in [-0.2, 0) is 0 Å². The van der Waals surface area contributed by atoms with Crippen LogP contribution < -0.4 is 0 Å². The fraction of sp³-hybridized carbons (Fsp3) is 0. The van der Waals surface area contributed by atoms with Crippen LogP contribution in [0.25, 0.3) is 0 Å². The van der Waals surface area contributed by atoms with Gasteiger partial charge in [0.15, 0.2) is 0 Å². The maximum Gasteiger partial charge on any atom is 0.115 e. The van der Waals surface area contributed by atoms with E-state index in [4.69, 9.17) is 0 Å². The molecule has 0 aromatic carbocycles. The lowest BCUT2D eigenvalue weighted by Crippen LogP contribution is -1.70. The van der Waals surface area contributed by atoms with Crippen molar-refractivity contribution in [2.45, 2.75) is 0 Å². The second-order valence-electron chi connectivity index (χ2n) is 1.26. The maximum atomic E-state index is 4.06. The van der Waals surface area contributed by atoms with Crippen molar-refractivity contribution in [3.05, 3.63) is 35.3 Å². The lowest BCUT2D eigenvalue weighted by atomic mass is 10.3. The molecule has 1 aliphatic carbocycles. The summed E-state index contributed by atoms with van der Waals surface area (Å²) in [6, 6.07) is 0. The van der Waals surface area contributed by atoms with E-state index in [1.165, 1.54) is 0 Å². The largest absolute Gasteiger partial charge is 0.115 e. The van der Waals surface area contributed by atoms with Crippen molar-refractivity contribution in [1.82, 2.24) is 0 Å². The molecule has 1 rings (SSSR count). The fourth-order valence-electron chi connectivity index (χ4n) is 0.378. The van der Waals surface area contributed by atoms with Crippen molar-refractivity contribution in [3.63, 3.8) is 0 Å². The van der Waals surface area contributed by atoms with Crippen LogP contribution in [0.5, 0.6) is 0 Å². The van der Waals surface area contributed by atoms with Crippen molar-refractivity contribution in [2.75, 3.05) is 0 Å². The molecule has 0 fully saturated rings. The number of hydrogen-bond acceptors (Lipinski definition) is 1. The van der Waals surface area contributed by atoms with Gasteiger partial charge in [0.05, 0.1) is 12.5 Å². The van der Waals surface area contributed by atoms with Crippen LogP contribution in [0.3, 0.4) is 0 Å². The number of allylic oxidation sites excluding steroid dienone is 3. The molecule has 0 radical (unpaired) electrons. The Morgan fingerprint density at radius 2 is 2.57 bits per heavy atom. The Bertz CT molecular complexity index is 148. The zero-order valence-corrected chi connectivity index (χ0v) is 4.65. The molecule has 1 aliphatic rings. The molecule has 0 aromatic heterocycles. The van der Waals surface area contributed by atoms with E-state index >= 15 is 0 Å². The Hall–Kier alpha value is -0.520. The summed E-state index contributed by atoms with van der Waals surface area (Å²) in [6.07, 6.45) is 7.46. The minimum atomic E-state index is 0.985. The summed E-state index contributed by atoms with van der Waals surface area (Å²) in [6.45, 7) is 0. The monoisotopic (exact) mass is 109 g/mol. The zero-order chi connectivity index (χ0) is 5.11. The maximum absolute atomic E-state index is 4.06. The third-order valence-corrected chi connectivity index (χ3v) is 0.999. The highest BCUT2D eigenvalue weighted by atomic mass is 32.1. The average Bonchev–Trinajstić information content (AvgIpc) is 1.69. The Labute approximate surface area is 48.6 Å². The molecular weight excluding hydrogens is 104 g/mol. The zero-order valence-electron chi connectivity index (χ0n) is 3.76. The van der Waals surface area contributed by atoms with Gasteiger partial charge in [-0.3, -0.25) is 0 Å². The topological polar surface area (TPSA) is 0 Å². The lowest BCUT2D eigenvalue weighted by molar-refractivity contribution is 1.67. The van der Waals surface area contributed by atoms with E-state index in [-0.39, 0.29) is 0 Å². The Morgan fingerprint density at radius 1 is 1.71 bits per heavy atom. The Balaban J connectivity index is 2.77. The smallest absolute Gasteiger partial charge is 0.115 e. The van der Waals surface area contributed by atoms with Crippen LogP contribution in [0.2, 0.25) is 0 Å². The van der Waals surface area contributed by atoms with Gasteiger partial charge < -0.3 is 0 Å². The van der Waals surface area contributed by atoms with E-state index in [2.05, 4.69) is 18.4 Å². The van der Waals surface area contributed by atoms with Gasteiger partial charge in [0.1, 0.15) is 17.1 Å². The van der Waals surface area contributed by atoms with Gasteiger partial charge in [0, 0.05) is 5.73 Å². The second-order valence-corrected chi connectivity index (χ2v) is 1.77. The Morgan fingerprint density at radius 3 is 2.86 bits per heavy atom. The fourth-order valence-corrected chi connectivity index (χ4v) is 0.527. The predicted octanol–water partition coefficient (Wildman–Crippen LogP) is 1.73. The summed E-state index contributed by atoms with van der Waals surface area (Å²) in [5, 5.41) is 0. The SMILES string of the molecule is SC1=CC=C=C[CH+]1. The molecule has 0 aromatic rings. The van der Waals surface area contributed by atoms with Crippen LogP contribution >= 0.6 is 12.6 Å². The van der Waals surface area contributed by atoms with Crippen molar-refractivity contribution in [3.8, 4) is 0 Å². The van der Waals surface area contributed by atoms with Crippen molar-refractivity contribution in [1.29, 1.82) is 0 Å². The van der Waals surface area contributed by atoms with Gasteiger partial charge in [-0.1, -0.05) is 0 Å². The molecule has 0 atom stereocenters. The average molecular weight is 109 g/mol. The summed E-state index contributed by atoms with van der Waals surface area (Å²) in [5.41, 5.74) is 2.88.